The van der Waals surface area contributed by atoms with Gasteiger partial charge in [-0.3, -0.25) is 14.7 Å². The third kappa shape index (κ3) is 4.43. The van der Waals surface area contributed by atoms with Gasteiger partial charge in [-0.15, -0.1) is 5.10 Å². The van der Waals surface area contributed by atoms with Crippen molar-refractivity contribution in [1.82, 2.24) is 25.8 Å². The molecule has 126 valence electrons. The standard InChI is InChI=1S/C15H22ClN5O2/c16-15-19-12(20-21-15)6-7-13(22)17-11-5-4-9(8-11)14(23)18-10-2-1-3-10/h9-11H,1-8H2,(H,17,22)(H,18,23)(H,19,20,21)/t9-,11+/m1/s1. The number of aromatic nitrogens is 3. The smallest absolute Gasteiger partial charge is 0.242 e. The summed E-state index contributed by atoms with van der Waals surface area (Å²) in [6, 6.07) is 0.475. The summed E-state index contributed by atoms with van der Waals surface area (Å²) >= 11 is 5.62. The molecule has 0 radical (unpaired) electrons. The van der Waals surface area contributed by atoms with Crippen molar-refractivity contribution < 1.29 is 9.59 Å². The molecule has 1 aromatic rings. The van der Waals surface area contributed by atoms with Crippen LogP contribution in [0.3, 0.4) is 0 Å². The number of nitrogens with one attached hydrogen (secondary N) is 3. The van der Waals surface area contributed by atoms with E-state index in [1.165, 1.54) is 6.42 Å². The highest BCUT2D eigenvalue weighted by Crippen LogP contribution is 2.27. The molecule has 2 saturated carbocycles. The van der Waals surface area contributed by atoms with Gasteiger partial charge in [0, 0.05) is 30.8 Å². The van der Waals surface area contributed by atoms with Crippen molar-refractivity contribution in [3.63, 3.8) is 0 Å². The molecule has 0 bridgehead atoms. The molecule has 0 aromatic carbocycles. The second-order valence-electron chi connectivity index (χ2n) is 6.46. The Balaban J connectivity index is 1.37. The second-order valence-corrected chi connectivity index (χ2v) is 6.80. The fourth-order valence-corrected chi connectivity index (χ4v) is 3.28. The maximum Gasteiger partial charge on any atom is 0.242 e. The summed E-state index contributed by atoms with van der Waals surface area (Å²) < 4.78 is 0. The van der Waals surface area contributed by atoms with Crippen molar-refractivity contribution in [1.29, 1.82) is 0 Å². The fraction of sp³-hybridized carbons (Fsp3) is 0.733. The van der Waals surface area contributed by atoms with Crippen molar-refractivity contribution in [3.8, 4) is 0 Å². The fourth-order valence-electron chi connectivity index (χ4n) is 3.14. The normalized spacial score (nSPS) is 24.2. The average molecular weight is 340 g/mol. The van der Waals surface area contributed by atoms with Gasteiger partial charge in [-0.05, 0) is 50.1 Å². The maximum absolute atomic E-state index is 12.1. The minimum absolute atomic E-state index is 0.0254. The largest absolute Gasteiger partial charge is 0.353 e. The van der Waals surface area contributed by atoms with Crippen molar-refractivity contribution in [3.05, 3.63) is 11.1 Å². The Bertz CT molecular complexity index is 572. The topological polar surface area (TPSA) is 99.8 Å². The Morgan fingerprint density at radius 2 is 2.00 bits per heavy atom. The SMILES string of the molecule is O=C(CCc1nc(Cl)n[nH]1)N[C@H]1CC[C@@H](C(=O)NC2CCC2)C1. The van der Waals surface area contributed by atoms with Crippen molar-refractivity contribution in [2.45, 2.75) is 63.5 Å². The number of halogens is 1. The number of rotatable bonds is 6. The molecule has 0 saturated heterocycles. The third-order valence-corrected chi connectivity index (χ3v) is 4.88. The van der Waals surface area contributed by atoms with Crippen LogP contribution in [0.4, 0.5) is 0 Å². The molecule has 8 heteroatoms. The molecule has 0 spiro atoms. The van der Waals surface area contributed by atoms with Gasteiger partial charge in [-0.25, -0.2) is 4.98 Å². The van der Waals surface area contributed by atoms with E-state index in [0.29, 0.717) is 24.7 Å². The van der Waals surface area contributed by atoms with E-state index in [1.54, 1.807) is 0 Å². The van der Waals surface area contributed by atoms with E-state index in [-0.39, 0.29) is 29.1 Å². The van der Waals surface area contributed by atoms with Gasteiger partial charge < -0.3 is 10.6 Å². The first-order valence-corrected chi connectivity index (χ1v) is 8.64. The van der Waals surface area contributed by atoms with Gasteiger partial charge in [0.2, 0.25) is 17.1 Å². The molecule has 1 aromatic heterocycles. The Kier molecular flexibility index (Phi) is 5.15. The molecule has 7 nitrogen and oxygen atoms in total. The number of amides is 2. The highest BCUT2D eigenvalue weighted by molar-refractivity contribution is 6.28. The summed E-state index contributed by atoms with van der Waals surface area (Å²) in [6.07, 6.45) is 6.67. The Hall–Kier alpha value is -1.63. The average Bonchev–Trinajstić information content (AvgIpc) is 3.09. The molecular weight excluding hydrogens is 318 g/mol. The van der Waals surface area contributed by atoms with Crippen LogP contribution in [0.1, 0.15) is 50.8 Å². The molecule has 2 atom stereocenters. The number of aryl methyl sites for hydroxylation is 1. The summed E-state index contributed by atoms with van der Waals surface area (Å²) in [6.45, 7) is 0. The van der Waals surface area contributed by atoms with E-state index in [4.69, 9.17) is 11.6 Å². The Labute approximate surface area is 140 Å². The van der Waals surface area contributed by atoms with Crippen LogP contribution in [0.15, 0.2) is 0 Å². The van der Waals surface area contributed by atoms with Crippen molar-refractivity contribution in [2.75, 3.05) is 0 Å². The van der Waals surface area contributed by atoms with Crippen molar-refractivity contribution >= 4 is 23.4 Å². The number of aromatic amines is 1. The number of nitrogens with zero attached hydrogens (tertiary/aromatic N) is 2. The van der Waals surface area contributed by atoms with E-state index in [1.807, 2.05) is 0 Å². The van der Waals surface area contributed by atoms with Gasteiger partial charge in [0.25, 0.3) is 0 Å². The third-order valence-electron chi connectivity index (χ3n) is 4.71. The van der Waals surface area contributed by atoms with Gasteiger partial charge in [0.05, 0.1) is 0 Å². The lowest BCUT2D eigenvalue weighted by atomic mass is 9.92. The first-order chi connectivity index (χ1) is 11.1. The zero-order chi connectivity index (χ0) is 16.2. The molecule has 2 amide bonds. The monoisotopic (exact) mass is 339 g/mol. The summed E-state index contributed by atoms with van der Waals surface area (Å²) in [4.78, 5) is 28.1. The number of H-pyrrole nitrogens is 1. The van der Waals surface area contributed by atoms with Crippen LogP contribution in [0.2, 0.25) is 5.28 Å². The van der Waals surface area contributed by atoms with E-state index in [9.17, 15) is 9.59 Å². The van der Waals surface area contributed by atoms with Crippen LogP contribution >= 0.6 is 11.6 Å². The molecule has 2 fully saturated rings. The first kappa shape index (κ1) is 16.2. The zero-order valence-electron chi connectivity index (χ0n) is 13.0. The van der Waals surface area contributed by atoms with E-state index >= 15 is 0 Å². The Morgan fingerprint density at radius 3 is 2.65 bits per heavy atom. The lowest BCUT2D eigenvalue weighted by Gasteiger charge is -2.27. The predicted molar refractivity (Wildman–Crippen MR) is 84.8 cm³/mol. The quantitative estimate of drug-likeness (QED) is 0.728. The van der Waals surface area contributed by atoms with Crippen LogP contribution in [0.5, 0.6) is 0 Å². The van der Waals surface area contributed by atoms with Gasteiger partial charge in [-0.1, -0.05) is 0 Å². The molecule has 3 rings (SSSR count). The van der Waals surface area contributed by atoms with Crippen LogP contribution in [0, 0.1) is 5.92 Å². The number of carbonyl (C=O) groups excluding carboxylic acids is 2. The Morgan fingerprint density at radius 1 is 1.17 bits per heavy atom. The molecular formula is C15H22ClN5O2. The van der Waals surface area contributed by atoms with E-state index < -0.39 is 0 Å². The highest BCUT2D eigenvalue weighted by atomic mass is 35.5. The summed E-state index contributed by atoms with van der Waals surface area (Å²) in [5.41, 5.74) is 0. The molecule has 1 heterocycles. The second kappa shape index (κ2) is 7.29. The summed E-state index contributed by atoms with van der Waals surface area (Å²) in [5.74, 6) is 0.772. The predicted octanol–water partition coefficient (Wildman–Crippen LogP) is 1.34. The lowest BCUT2D eigenvalue weighted by Crippen LogP contribution is -2.42. The van der Waals surface area contributed by atoms with Crippen LogP contribution in [-0.4, -0.2) is 39.1 Å². The number of hydrogen-bond acceptors (Lipinski definition) is 4. The minimum Gasteiger partial charge on any atom is -0.353 e. The summed E-state index contributed by atoms with van der Waals surface area (Å²) in [7, 11) is 0. The first-order valence-electron chi connectivity index (χ1n) is 8.26. The van der Waals surface area contributed by atoms with Crippen LogP contribution in [0.25, 0.3) is 0 Å². The van der Waals surface area contributed by atoms with Gasteiger partial charge >= 0.3 is 0 Å². The lowest BCUT2D eigenvalue weighted by molar-refractivity contribution is -0.126. The molecule has 0 unspecified atom stereocenters. The van der Waals surface area contributed by atoms with E-state index in [2.05, 4.69) is 25.8 Å². The highest BCUT2D eigenvalue weighted by Gasteiger charge is 2.32. The van der Waals surface area contributed by atoms with Gasteiger partial charge in [-0.2, -0.15) is 0 Å². The summed E-state index contributed by atoms with van der Waals surface area (Å²) in [5, 5.41) is 12.7. The molecule has 0 aliphatic heterocycles. The van der Waals surface area contributed by atoms with Crippen molar-refractivity contribution in [2.24, 2.45) is 5.92 Å². The molecule has 2 aliphatic rings. The number of hydrogen-bond donors (Lipinski definition) is 3. The van der Waals surface area contributed by atoms with Gasteiger partial charge in [0.15, 0.2) is 0 Å². The van der Waals surface area contributed by atoms with Crippen LogP contribution < -0.4 is 10.6 Å². The molecule has 3 N–H and O–H groups in total. The molecule has 2 aliphatic carbocycles. The number of carbonyl (C=O) groups is 2. The minimum atomic E-state index is -0.0254. The van der Waals surface area contributed by atoms with Gasteiger partial charge in [0.1, 0.15) is 5.82 Å². The maximum atomic E-state index is 12.1. The van der Waals surface area contributed by atoms with E-state index in [0.717, 1.165) is 32.1 Å². The molecule has 23 heavy (non-hydrogen) atoms. The zero-order valence-corrected chi connectivity index (χ0v) is 13.7. The van der Waals surface area contributed by atoms with Crippen LogP contribution in [-0.2, 0) is 16.0 Å².